The number of ether oxygens (including phenoxy) is 1. The summed E-state index contributed by atoms with van der Waals surface area (Å²) >= 11 is 3.01. The number of aromatic nitrogens is 3. The molecule has 96 valence electrons. The highest BCUT2D eigenvalue weighted by molar-refractivity contribution is 9.09. The first-order valence-corrected chi connectivity index (χ1v) is 6.75. The van der Waals surface area contributed by atoms with Crippen LogP contribution in [0.3, 0.4) is 0 Å². The van der Waals surface area contributed by atoms with Crippen molar-refractivity contribution in [1.82, 2.24) is 15.2 Å². The molecule has 0 aromatic carbocycles. The summed E-state index contributed by atoms with van der Waals surface area (Å²) in [6.45, 7) is 1.91. The van der Waals surface area contributed by atoms with E-state index in [1.165, 1.54) is 6.33 Å². The lowest BCUT2D eigenvalue weighted by molar-refractivity contribution is -0.146. The smallest absolute Gasteiger partial charge is 0.454 e. The average molecular weight is 329 g/mol. The van der Waals surface area contributed by atoms with Crippen LogP contribution in [0.2, 0.25) is 0 Å². The van der Waals surface area contributed by atoms with E-state index in [-0.39, 0.29) is 17.4 Å². The van der Waals surface area contributed by atoms with Crippen molar-refractivity contribution < 1.29 is 23.9 Å². The van der Waals surface area contributed by atoms with Crippen LogP contribution in [0.4, 0.5) is 0 Å². The Hall–Kier alpha value is -0.890. The highest BCUT2D eigenvalue weighted by Crippen LogP contribution is 2.16. The molecule has 10 heteroatoms. The number of halogens is 1. The maximum Gasteiger partial charge on any atom is 0.692 e. The zero-order valence-electron chi connectivity index (χ0n) is 8.91. The van der Waals surface area contributed by atoms with Gasteiger partial charge < -0.3 is 4.74 Å². The zero-order chi connectivity index (χ0) is 13.3. The van der Waals surface area contributed by atoms with Gasteiger partial charge in [0, 0.05) is 4.57 Å². The monoisotopic (exact) mass is 328 g/mol. The van der Waals surface area contributed by atoms with E-state index in [1.54, 1.807) is 0 Å². The van der Waals surface area contributed by atoms with Crippen molar-refractivity contribution in [3.8, 4) is 0 Å². The molecule has 1 rings (SSSR count). The summed E-state index contributed by atoms with van der Waals surface area (Å²) in [6.07, 6.45) is 1.74. The molecule has 1 atom stereocenters. The predicted molar refractivity (Wildman–Crippen MR) is 61.3 cm³/mol. The Morgan fingerprint density at radius 2 is 2.29 bits per heavy atom. The van der Waals surface area contributed by atoms with E-state index < -0.39 is 8.25 Å². The van der Waals surface area contributed by atoms with Crippen molar-refractivity contribution in [2.24, 2.45) is 0 Å². The van der Waals surface area contributed by atoms with Gasteiger partial charge in [-0.1, -0.05) is 22.9 Å². The standard InChI is InChI=1S/C7H10BrN3O2.HO3P/c1-2-5(13-6(12)3-8)7-9-4-10-11-7;1-4(2)3/h4-5H,2-3H2,1H3,(H,9,10,11);(H-,1,2,3)/p+1. The van der Waals surface area contributed by atoms with E-state index in [9.17, 15) is 4.79 Å². The number of aromatic amines is 1. The molecule has 0 bridgehead atoms. The molecule has 1 unspecified atom stereocenters. The number of nitrogens with zero attached hydrogens (tertiary/aromatic N) is 2. The minimum Gasteiger partial charge on any atom is -0.454 e. The van der Waals surface area contributed by atoms with Gasteiger partial charge in [0.15, 0.2) is 11.9 Å². The maximum absolute atomic E-state index is 10.9. The highest BCUT2D eigenvalue weighted by atomic mass is 79.9. The number of carbonyl (C=O) groups is 1. The van der Waals surface area contributed by atoms with Crippen molar-refractivity contribution in [3.05, 3.63) is 12.2 Å². The van der Waals surface area contributed by atoms with Gasteiger partial charge >= 0.3 is 14.2 Å². The largest absolute Gasteiger partial charge is 0.692 e. The third-order valence-electron chi connectivity index (χ3n) is 1.49. The van der Waals surface area contributed by atoms with Crippen LogP contribution in [0, 0.1) is 0 Å². The van der Waals surface area contributed by atoms with Crippen LogP contribution in [0.15, 0.2) is 6.33 Å². The van der Waals surface area contributed by atoms with E-state index in [2.05, 4.69) is 31.1 Å². The van der Waals surface area contributed by atoms with Crippen molar-refractivity contribution in [1.29, 1.82) is 0 Å². The zero-order valence-corrected chi connectivity index (χ0v) is 11.4. The first-order chi connectivity index (χ1) is 8.01. The van der Waals surface area contributed by atoms with Crippen LogP contribution in [0.25, 0.3) is 0 Å². The number of alkyl halides is 1. The highest BCUT2D eigenvalue weighted by Gasteiger charge is 2.16. The fourth-order valence-electron chi connectivity index (χ4n) is 0.893. The maximum atomic E-state index is 10.9. The van der Waals surface area contributed by atoms with E-state index in [4.69, 9.17) is 19.1 Å². The normalized spacial score (nSPS) is 11.1. The molecule has 3 N–H and O–H groups in total. The Bertz CT molecular complexity index is 343. The molecule has 1 aromatic heterocycles. The number of esters is 1. The van der Waals surface area contributed by atoms with E-state index in [0.717, 1.165) is 0 Å². The summed E-state index contributed by atoms with van der Waals surface area (Å²) in [5.41, 5.74) is 0. The summed E-state index contributed by atoms with van der Waals surface area (Å²) in [4.78, 5) is 29.1. The number of H-pyrrole nitrogens is 1. The average Bonchev–Trinajstić information content (AvgIpc) is 2.78. The van der Waals surface area contributed by atoms with Gasteiger partial charge in [0.2, 0.25) is 0 Å². The Kier molecular flexibility index (Phi) is 8.69. The number of rotatable bonds is 4. The van der Waals surface area contributed by atoms with Crippen LogP contribution in [-0.2, 0) is 14.1 Å². The lowest BCUT2D eigenvalue weighted by Crippen LogP contribution is -2.12. The van der Waals surface area contributed by atoms with E-state index >= 15 is 0 Å². The third kappa shape index (κ3) is 7.92. The summed E-state index contributed by atoms with van der Waals surface area (Å²) in [6, 6.07) is 0. The Labute approximate surface area is 106 Å². The molecule has 0 radical (unpaired) electrons. The first kappa shape index (κ1) is 16.1. The van der Waals surface area contributed by atoms with Crippen LogP contribution >= 0.6 is 24.2 Å². The number of nitrogens with one attached hydrogen (secondary N) is 1. The SMILES string of the molecule is CCC(OC(=O)CBr)c1ncn[nH]1.O=[P+](O)O. The minimum atomic E-state index is -2.87. The topological polar surface area (TPSA) is 125 Å². The third-order valence-corrected chi connectivity index (χ3v) is 1.95. The number of hydrogen-bond donors (Lipinski definition) is 3. The molecule has 1 aromatic rings. The molecule has 0 aliphatic rings. The van der Waals surface area contributed by atoms with Gasteiger partial charge in [-0.25, -0.2) is 4.98 Å². The molecular formula is C7H12BrN3O5P+. The fourth-order valence-corrected chi connectivity index (χ4v) is 1.02. The Balaban J connectivity index is 0.000000557. The van der Waals surface area contributed by atoms with Crippen molar-refractivity contribution in [3.63, 3.8) is 0 Å². The molecule has 0 spiro atoms. The molecule has 17 heavy (non-hydrogen) atoms. The van der Waals surface area contributed by atoms with E-state index in [0.29, 0.717) is 12.2 Å². The Morgan fingerprint density at radius 3 is 2.65 bits per heavy atom. The van der Waals surface area contributed by atoms with Gasteiger partial charge in [-0.05, 0) is 6.42 Å². The van der Waals surface area contributed by atoms with Crippen molar-refractivity contribution in [2.45, 2.75) is 19.4 Å². The van der Waals surface area contributed by atoms with Gasteiger partial charge in [-0.3, -0.25) is 9.89 Å². The minimum absolute atomic E-state index is 0.192. The quantitative estimate of drug-likeness (QED) is 0.424. The molecule has 0 aliphatic carbocycles. The van der Waals surface area contributed by atoms with Crippen molar-refractivity contribution in [2.75, 3.05) is 5.33 Å². The summed E-state index contributed by atoms with van der Waals surface area (Å²) in [5.74, 6) is 0.278. The van der Waals surface area contributed by atoms with Crippen LogP contribution in [0.5, 0.6) is 0 Å². The molecule has 1 heterocycles. The second-order valence-electron chi connectivity index (χ2n) is 2.64. The van der Waals surface area contributed by atoms with Gasteiger partial charge in [-0.15, -0.1) is 9.79 Å². The lowest BCUT2D eigenvalue weighted by atomic mass is 10.2. The van der Waals surface area contributed by atoms with Gasteiger partial charge in [0.05, 0.1) is 0 Å². The van der Waals surface area contributed by atoms with Crippen LogP contribution < -0.4 is 0 Å². The molecule has 0 saturated heterocycles. The van der Waals surface area contributed by atoms with Crippen molar-refractivity contribution >= 4 is 30.2 Å². The number of carbonyl (C=O) groups excluding carboxylic acids is 1. The fraction of sp³-hybridized carbons (Fsp3) is 0.571. The summed E-state index contributed by atoms with van der Waals surface area (Å²) in [7, 11) is -2.87. The molecule has 0 saturated carbocycles. The molecule has 0 amide bonds. The molecule has 0 aliphatic heterocycles. The van der Waals surface area contributed by atoms with Crippen LogP contribution in [-0.4, -0.2) is 36.3 Å². The van der Waals surface area contributed by atoms with Gasteiger partial charge in [0.1, 0.15) is 11.7 Å². The lowest BCUT2D eigenvalue weighted by Gasteiger charge is -2.11. The summed E-state index contributed by atoms with van der Waals surface area (Å²) in [5, 5.41) is 6.54. The van der Waals surface area contributed by atoms with Gasteiger partial charge in [0.25, 0.3) is 0 Å². The second-order valence-corrected chi connectivity index (χ2v) is 3.71. The predicted octanol–water partition coefficient (Wildman–Crippen LogP) is 0.822. The van der Waals surface area contributed by atoms with Gasteiger partial charge in [-0.2, -0.15) is 5.10 Å². The number of hydrogen-bond acceptors (Lipinski definition) is 5. The first-order valence-electron chi connectivity index (χ1n) is 4.46. The molecule has 8 nitrogen and oxygen atoms in total. The van der Waals surface area contributed by atoms with Crippen LogP contribution in [0.1, 0.15) is 25.3 Å². The molecule has 0 fully saturated rings. The second kappa shape index (κ2) is 9.17. The Morgan fingerprint density at radius 1 is 1.71 bits per heavy atom. The van der Waals surface area contributed by atoms with E-state index in [1.807, 2.05) is 6.92 Å². The molecular weight excluding hydrogens is 317 g/mol. The summed E-state index contributed by atoms with van der Waals surface area (Å²) < 4.78 is 13.8.